The van der Waals surface area contributed by atoms with Gasteiger partial charge in [-0.25, -0.2) is 0 Å². The highest BCUT2D eigenvalue weighted by Crippen LogP contribution is 2.37. The van der Waals surface area contributed by atoms with E-state index in [0.29, 0.717) is 23.1 Å². The first-order valence-electron chi connectivity index (χ1n) is 8.16. The Bertz CT molecular complexity index is 491. The maximum absolute atomic E-state index is 9.50. The molecule has 0 unspecified atom stereocenters. The van der Waals surface area contributed by atoms with Gasteiger partial charge in [0.1, 0.15) is 0 Å². The van der Waals surface area contributed by atoms with Crippen molar-refractivity contribution in [1.29, 1.82) is 0 Å². The van der Waals surface area contributed by atoms with Gasteiger partial charge in [-0.05, 0) is 44.0 Å². The highest BCUT2D eigenvalue weighted by Gasteiger charge is 2.16. The SMILES string of the molecule is COc1ccc(CNCCCN2CCC(O)CC2)c(Cl)c1OC. The second kappa shape index (κ2) is 9.33. The minimum absolute atomic E-state index is 0.100. The summed E-state index contributed by atoms with van der Waals surface area (Å²) in [6.45, 7) is 4.71. The van der Waals surface area contributed by atoms with Gasteiger partial charge in [0, 0.05) is 19.6 Å². The van der Waals surface area contributed by atoms with E-state index in [1.165, 1.54) is 0 Å². The lowest BCUT2D eigenvalue weighted by Crippen LogP contribution is -2.37. The fourth-order valence-electron chi connectivity index (χ4n) is 2.86. The third-order valence-corrected chi connectivity index (χ3v) is 4.68. The average Bonchev–Trinajstić information content (AvgIpc) is 2.57. The van der Waals surface area contributed by atoms with Crippen LogP contribution < -0.4 is 14.8 Å². The van der Waals surface area contributed by atoms with Crippen molar-refractivity contribution < 1.29 is 14.6 Å². The van der Waals surface area contributed by atoms with Crippen LogP contribution in [0.4, 0.5) is 0 Å². The number of likely N-dealkylation sites (tertiary alicyclic amines) is 1. The number of nitrogens with one attached hydrogen (secondary N) is 1. The highest BCUT2D eigenvalue weighted by molar-refractivity contribution is 6.33. The van der Waals surface area contributed by atoms with Crippen LogP contribution in [0.5, 0.6) is 11.5 Å². The molecule has 1 fully saturated rings. The third-order valence-electron chi connectivity index (χ3n) is 4.27. The first-order valence-corrected chi connectivity index (χ1v) is 8.54. The molecule has 2 N–H and O–H groups in total. The fraction of sp³-hybridized carbons (Fsp3) is 0.647. The normalized spacial score (nSPS) is 16.5. The first-order chi connectivity index (χ1) is 11.2. The van der Waals surface area contributed by atoms with Crippen molar-refractivity contribution in [1.82, 2.24) is 10.2 Å². The van der Waals surface area contributed by atoms with Crippen LogP contribution in [-0.2, 0) is 6.54 Å². The van der Waals surface area contributed by atoms with Crippen molar-refractivity contribution in [3.05, 3.63) is 22.7 Å². The number of nitrogens with zero attached hydrogens (tertiary/aromatic N) is 1. The summed E-state index contributed by atoms with van der Waals surface area (Å²) in [5.74, 6) is 1.23. The quantitative estimate of drug-likeness (QED) is 0.710. The Kier molecular flexibility index (Phi) is 7.43. The summed E-state index contributed by atoms with van der Waals surface area (Å²) in [5.41, 5.74) is 1.01. The van der Waals surface area contributed by atoms with Crippen LogP contribution in [0.2, 0.25) is 5.02 Å². The zero-order chi connectivity index (χ0) is 16.7. The maximum atomic E-state index is 9.50. The average molecular weight is 343 g/mol. The molecule has 1 aliphatic heterocycles. The summed E-state index contributed by atoms with van der Waals surface area (Å²) in [7, 11) is 3.20. The van der Waals surface area contributed by atoms with Crippen LogP contribution >= 0.6 is 11.6 Å². The van der Waals surface area contributed by atoms with Gasteiger partial charge in [-0.15, -0.1) is 0 Å². The van der Waals surface area contributed by atoms with Gasteiger partial charge in [0.05, 0.1) is 25.3 Å². The summed E-state index contributed by atoms with van der Waals surface area (Å²) in [5, 5.41) is 13.5. The number of piperidine rings is 1. The van der Waals surface area contributed by atoms with Crippen LogP contribution in [0.15, 0.2) is 12.1 Å². The van der Waals surface area contributed by atoms with Gasteiger partial charge < -0.3 is 24.8 Å². The zero-order valence-corrected chi connectivity index (χ0v) is 14.7. The van der Waals surface area contributed by atoms with Crippen LogP contribution in [0, 0.1) is 0 Å². The molecule has 1 aromatic carbocycles. The number of hydrogen-bond acceptors (Lipinski definition) is 5. The van der Waals surface area contributed by atoms with Crippen molar-refractivity contribution in [2.24, 2.45) is 0 Å². The molecule has 0 atom stereocenters. The van der Waals surface area contributed by atoms with Gasteiger partial charge in [0.15, 0.2) is 11.5 Å². The smallest absolute Gasteiger partial charge is 0.179 e. The first kappa shape index (κ1) is 18.3. The van der Waals surface area contributed by atoms with Crippen LogP contribution in [0.1, 0.15) is 24.8 Å². The Balaban J connectivity index is 1.72. The van der Waals surface area contributed by atoms with Gasteiger partial charge in [-0.2, -0.15) is 0 Å². The van der Waals surface area contributed by atoms with E-state index in [0.717, 1.165) is 51.0 Å². The van der Waals surface area contributed by atoms with Gasteiger partial charge in [0.25, 0.3) is 0 Å². The van der Waals surface area contributed by atoms with E-state index >= 15 is 0 Å². The van der Waals surface area contributed by atoms with Crippen LogP contribution in [0.3, 0.4) is 0 Å². The highest BCUT2D eigenvalue weighted by atomic mass is 35.5. The molecular weight excluding hydrogens is 316 g/mol. The number of aliphatic hydroxyl groups excluding tert-OH is 1. The second-order valence-corrected chi connectivity index (χ2v) is 6.26. The topological polar surface area (TPSA) is 54.0 Å². The molecule has 130 valence electrons. The minimum Gasteiger partial charge on any atom is -0.493 e. The molecule has 0 saturated carbocycles. The number of aliphatic hydroxyl groups is 1. The largest absolute Gasteiger partial charge is 0.493 e. The Labute approximate surface area is 143 Å². The Hall–Kier alpha value is -1.01. The lowest BCUT2D eigenvalue weighted by atomic mass is 10.1. The van der Waals surface area contributed by atoms with E-state index in [1.807, 2.05) is 12.1 Å². The molecule has 1 aromatic rings. The molecule has 0 bridgehead atoms. The predicted octanol–water partition coefficient (Wildman–Crippen LogP) is 2.29. The number of halogens is 1. The molecule has 0 amide bonds. The fourth-order valence-corrected chi connectivity index (χ4v) is 3.16. The van der Waals surface area contributed by atoms with E-state index in [4.69, 9.17) is 21.1 Å². The Morgan fingerprint density at radius 2 is 2.00 bits per heavy atom. The number of benzene rings is 1. The lowest BCUT2D eigenvalue weighted by Gasteiger charge is -2.29. The zero-order valence-electron chi connectivity index (χ0n) is 14.0. The predicted molar refractivity (Wildman–Crippen MR) is 92.6 cm³/mol. The molecule has 1 aliphatic rings. The van der Waals surface area contributed by atoms with E-state index in [1.54, 1.807) is 14.2 Å². The molecule has 0 spiro atoms. The van der Waals surface area contributed by atoms with Gasteiger partial charge >= 0.3 is 0 Å². The van der Waals surface area contributed by atoms with Crippen molar-refractivity contribution in [2.45, 2.75) is 31.9 Å². The Morgan fingerprint density at radius 3 is 2.65 bits per heavy atom. The van der Waals surface area contributed by atoms with E-state index < -0.39 is 0 Å². The summed E-state index contributed by atoms with van der Waals surface area (Å²) in [6.07, 6.45) is 2.78. The summed E-state index contributed by atoms with van der Waals surface area (Å²) >= 11 is 6.36. The minimum atomic E-state index is -0.100. The number of rotatable bonds is 8. The third kappa shape index (κ3) is 5.24. The molecule has 0 radical (unpaired) electrons. The van der Waals surface area contributed by atoms with E-state index in [-0.39, 0.29) is 6.10 Å². The monoisotopic (exact) mass is 342 g/mol. The summed E-state index contributed by atoms with van der Waals surface area (Å²) < 4.78 is 10.5. The lowest BCUT2D eigenvalue weighted by molar-refractivity contribution is 0.0821. The van der Waals surface area contributed by atoms with Gasteiger partial charge in [0.2, 0.25) is 0 Å². The van der Waals surface area contributed by atoms with Gasteiger partial charge in [-0.1, -0.05) is 17.7 Å². The molecule has 1 saturated heterocycles. The summed E-state index contributed by atoms with van der Waals surface area (Å²) in [4.78, 5) is 2.41. The molecule has 23 heavy (non-hydrogen) atoms. The molecule has 2 rings (SSSR count). The molecule has 5 nitrogen and oxygen atoms in total. The Morgan fingerprint density at radius 1 is 1.26 bits per heavy atom. The van der Waals surface area contributed by atoms with E-state index in [9.17, 15) is 5.11 Å². The van der Waals surface area contributed by atoms with Crippen molar-refractivity contribution >= 4 is 11.6 Å². The second-order valence-electron chi connectivity index (χ2n) is 5.88. The number of hydrogen-bond donors (Lipinski definition) is 2. The van der Waals surface area contributed by atoms with Crippen molar-refractivity contribution in [3.63, 3.8) is 0 Å². The molecule has 0 aliphatic carbocycles. The van der Waals surface area contributed by atoms with Crippen LogP contribution in [0.25, 0.3) is 0 Å². The van der Waals surface area contributed by atoms with E-state index in [2.05, 4.69) is 10.2 Å². The maximum Gasteiger partial charge on any atom is 0.179 e. The van der Waals surface area contributed by atoms with Crippen LogP contribution in [-0.4, -0.2) is 56.5 Å². The molecule has 1 heterocycles. The van der Waals surface area contributed by atoms with Crippen molar-refractivity contribution in [2.75, 3.05) is 40.4 Å². The molecular formula is C17H27ClN2O3. The number of methoxy groups -OCH3 is 2. The molecule has 0 aromatic heterocycles. The number of ether oxygens (including phenoxy) is 2. The van der Waals surface area contributed by atoms with Crippen molar-refractivity contribution in [3.8, 4) is 11.5 Å². The molecule has 6 heteroatoms. The summed E-state index contributed by atoms with van der Waals surface area (Å²) in [6, 6.07) is 3.84. The standard InChI is InChI=1S/C17H27ClN2O3/c1-22-15-5-4-13(16(18)17(15)23-2)12-19-8-3-9-20-10-6-14(21)7-11-20/h4-5,14,19,21H,3,6-12H2,1-2H3. The van der Waals surface area contributed by atoms with Gasteiger partial charge in [-0.3, -0.25) is 0 Å².